The fourth-order valence-corrected chi connectivity index (χ4v) is 3.46. The van der Waals surface area contributed by atoms with E-state index in [-0.39, 0.29) is 23.6 Å². The zero-order valence-electron chi connectivity index (χ0n) is 14.9. The fraction of sp³-hybridized carbons (Fsp3) is 0.400. The van der Waals surface area contributed by atoms with Gasteiger partial charge in [-0.25, -0.2) is 0 Å². The molecule has 3 rings (SSSR count). The minimum Gasteiger partial charge on any atom is -0.383 e. The van der Waals surface area contributed by atoms with Crippen LogP contribution in [0.15, 0.2) is 53.5 Å². The highest BCUT2D eigenvalue weighted by molar-refractivity contribution is 5.93. The summed E-state index contributed by atoms with van der Waals surface area (Å²) in [7, 11) is 1.60. The van der Waals surface area contributed by atoms with E-state index in [1.807, 2.05) is 30.3 Å². The summed E-state index contributed by atoms with van der Waals surface area (Å²) in [5.74, 6) is -0.509. The number of rotatable bonds is 5. The second-order valence-electron chi connectivity index (χ2n) is 6.70. The molecule has 26 heavy (non-hydrogen) atoms. The first-order valence-electron chi connectivity index (χ1n) is 8.82. The van der Waals surface area contributed by atoms with Crippen LogP contribution in [-0.4, -0.2) is 35.3 Å². The number of amides is 1. The van der Waals surface area contributed by atoms with E-state index in [9.17, 15) is 14.7 Å². The average molecular weight is 356 g/mol. The Morgan fingerprint density at radius 3 is 2.62 bits per heavy atom. The molecular weight excluding hydrogens is 332 g/mol. The van der Waals surface area contributed by atoms with Crippen LogP contribution in [0.25, 0.3) is 0 Å². The van der Waals surface area contributed by atoms with Gasteiger partial charge in [-0.05, 0) is 36.5 Å². The van der Waals surface area contributed by atoms with Gasteiger partial charge in [0.05, 0.1) is 6.54 Å². The number of carbonyl (C=O) groups is 1. The summed E-state index contributed by atoms with van der Waals surface area (Å²) in [5.41, 5.74) is -0.745. The lowest BCUT2D eigenvalue weighted by molar-refractivity contribution is -0.0680. The Labute approximate surface area is 152 Å². The van der Waals surface area contributed by atoms with Crippen LogP contribution in [-0.2, 0) is 17.4 Å². The van der Waals surface area contributed by atoms with E-state index in [2.05, 4.69) is 5.32 Å². The minimum absolute atomic E-state index is 0.0300. The number of carbonyl (C=O) groups excluding carboxylic acids is 1. The molecule has 1 amide bonds. The maximum Gasteiger partial charge on any atom is 0.263 e. The molecule has 0 spiro atoms. The van der Waals surface area contributed by atoms with Crippen molar-refractivity contribution >= 4 is 5.91 Å². The Hall–Kier alpha value is -2.44. The van der Waals surface area contributed by atoms with Crippen LogP contribution in [0.3, 0.4) is 0 Å². The number of ether oxygens (including phenoxy) is 1. The number of benzene rings is 1. The first-order valence-corrected chi connectivity index (χ1v) is 8.82. The predicted molar refractivity (Wildman–Crippen MR) is 97.9 cm³/mol. The van der Waals surface area contributed by atoms with Gasteiger partial charge in [-0.15, -0.1) is 0 Å². The molecule has 2 N–H and O–H groups in total. The van der Waals surface area contributed by atoms with Crippen molar-refractivity contribution in [3.05, 3.63) is 70.1 Å². The third-order valence-electron chi connectivity index (χ3n) is 5.06. The number of nitrogens with one attached hydrogen (secondary N) is 1. The van der Waals surface area contributed by atoms with Gasteiger partial charge in [0.25, 0.3) is 11.5 Å². The maximum absolute atomic E-state index is 12.5. The van der Waals surface area contributed by atoms with Crippen LogP contribution in [0.2, 0.25) is 0 Å². The Kier molecular flexibility index (Phi) is 5.54. The Morgan fingerprint density at radius 1 is 1.23 bits per heavy atom. The summed E-state index contributed by atoms with van der Waals surface area (Å²) in [6.45, 7) is 1.22. The molecule has 1 saturated heterocycles. The van der Waals surface area contributed by atoms with Crippen LogP contribution >= 0.6 is 0 Å². The highest BCUT2D eigenvalue weighted by Gasteiger charge is 2.39. The largest absolute Gasteiger partial charge is 0.383 e. The SMILES string of the molecule is Cn1cccc(C(=O)NC[C@@](O)(c2ccccc2)C2CCOCC2)c1=O. The van der Waals surface area contributed by atoms with Crippen molar-refractivity contribution in [3.8, 4) is 0 Å². The van der Waals surface area contributed by atoms with Crippen LogP contribution in [0.1, 0.15) is 28.8 Å². The average Bonchev–Trinajstić information content (AvgIpc) is 2.69. The van der Waals surface area contributed by atoms with E-state index >= 15 is 0 Å². The molecular formula is C20H24N2O4. The van der Waals surface area contributed by atoms with Crippen molar-refractivity contribution in [3.63, 3.8) is 0 Å². The Balaban J connectivity index is 1.83. The molecule has 2 heterocycles. The molecule has 1 atom stereocenters. The lowest BCUT2D eigenvalue weighted by Crippen LogP contribution is -2.48. The number of aliphatic hydroxyl groups is 1. The lowest BCUT2D eigenvalue weighted by atomic mass is 9.77. The highest BCUT2D eigenvalue weighted by atomic mass is 16.5. The molecule has 0 saturated carbocycles. The molecule has 6 heteroatoms. The van der Waals surface area contributed by atoms with E-state index in [0.29, 0.717) is 26.1 Å². The van der Waals surface area contributed by atoms with Gasteiger partial charge in [0.15, 0.2) is 0 Å². The van der Waals surface area contributed by atoms with E-state index in [4.69, 9.17) is 4.74 Å². The van der Waals surface area contributed by atoms with Crippen molar-refractivity contribution in [2.45, 2.75) is 18.4 Å². The van der Waals surface area contributed by atoms with Crippen molar-refractivity contribution in [1.82, 2.24) is 9.88 Å². The smallest absolute Gasteiger partial charge is 0.263 e. The number of hydrogen-bond donors (Lipinski definition) is 2. The molecule has 1 aliphatic heterocycles. The zero-order chi connectivity index (χ0) is 18.6. The van der Waals surface area contributed by atoms with Crippen LogP contribution < -0.4 is 10.9 Å². The molecule has 1 aromatic carbocycles. The van der Waals surface area contributed by atoms with Crippen LogP contribution in [0.4, 0.5) is 0 Å². The van der Waals surface area contributed by atoms with Gasteiger partial charge >= 0.3 is 0 Å². The quantitative estimate of drug-likeness (QED) is 0.849. The van der Waals surface area contributed by atoms with Gasteiger partial charge in [0, 0.05) is 26.5 Å². The summed E-state index contributed by atoms with van der Waals surface area (Å²) in [4.78, 5) is 24.6. The van der Waals surface area contributed by atoms with Crippen LogP contribution in [0, 0.1) is 5.92 Å². The van der Waals surface area contributed by atoms with Gasteiger partial charge in [0.2, 0.25) is 0 Å². The van der Waals surface area contributed by atoms with Gasteiger partial charge in [-0.3, -0.25) is 9.59 Å². The maximum atomic E-state index is 12.5. The summed E-state index contributed by atoms with van der Waals surface area (Å²) in [5, 5.41) is 14.2. The molecule has 1 fully saturated rings. The predicted octanol–water partition coefficient (Wildman–Crippen LogP) is 1.43. The van der Waals surface area contributed by atoms with Gasteiger partial charge in [0.1, 0.15) is 11.2 Å². The molecule has 6 nitrogen and oxygen atoms in total. The second-order valence-corrected chi connectivity index (χ2v) is 6.70. The molecule has 0 aliphatic carbocycles. The number of nitrogens with zero attached hydrogens (tertiary/aromatic N) is 1. The molecule has 1 aliphatic rings. The topological polar surface area (TPSA) is 80.6 Å². The standard InChI is InChI=1S/C20H24N2O4/c1-22-11-5-8-17(19(22)24)18(23)21-14-20(25,15-6-3-2-4-7-15)16-9-12-26-13-10-16/h2-8,11,16,25H,9-10,12-14H2,1H3,(H,21,23)/t20-/m1/s1. The molecule has 0 bridgehead atoms. The number of hydrogen-bond acceptors (Lipinski definition) is 4. The summed E-state index contributed by atoms with van der Waals surface area (Å²) in [6.07, 6.45) is 3.03. The highest BCUT2D eigenvalue weighted by Crippen LogP contribution is 2.35. The van der Waals surface area contributed by atoms with Crippen LogP contribution in [0.5, 0.6) is 0 Å². The van der Waals surface area contributed by atoms with E-state index in [1.165, 1.54) is 10.6 Å². The van der Waals surface area contributed by atoms with Gasteiger partial charge < -0.3 is 19.7 Å². The van der Waals surface area contributed by atoms with Crippen molar-refractivity contribution < 1.29 is 14.6 Å². The molecule has 2 aromatic rings. The summed E-state index contributed by atoms with van der Waals surface area (Å²) < 4.78 is 6.77. The Morgan fingerprint density at radius 2 is 1.92 bits per heavy atom. The Bertz CT molecular complexity index is 812. The second kappa shape index (κ2) is 7.85. The molecule has 0 unspecified atom stereocenters. The molecule has 1 aromatic heterocycles. The van der Waals surface area contributed by atoms with Crippen molar-refractivity contribution in [2.75, 3.05) is 19.8 Å². The van der Waals surface area contributed by atoms with Gasteiger partial charge in [-0.2, -0.15) is 0 Å². The van der Waals surface area contributed by atoms with Crippen molar-refractivity contribution in [2.24, 2.45) is 13.0 Å². The normalized spacial score (nSPS) is 17.5. The summed E-state index contributed by atoms with van der Waals surface area (Å²) in [6, 6.07) is 12.5. The van der Waals surface area contributed by atoms with E-state index in [0.717, 1.165) is 5.56 Å². The summed E-state index contributed by atoms with van der Waals surface area (Å²) >= 11 is 0. The number of aryl methyl sites for hydroxylation is 1. The van der Waals surface area contributed by atoms with Gasteiger partial charge in [-0.1, -0.05) is 30.3 Å². The van der Waals surface area contributed by atoms with Crippen molar-refractivity contribution in [1.29, 1.82) is 0 Å². The molecule has 0 radical (unpaired) electrons. The monoisotopic (exact) mass is 356 g/mol. The minimum atomic E-state index is -1.21. The zero-order valence-corrected chi connectivity index (χ0v) is 14.9. The lowest BCUT2D eigenvalue weighted by Gasteiger charge is -2.39. The first-order chi connectivity index (χ1) is 12.5. The number of aromatic nitrogens is 1. The fourth-order valence-electron chi connectivity index (χ4n) is 3.46. The molecule has 138 valence electrons. The number of pyridine rings is 1. The van der Waals surface area contributed by atoms with E-state index in [1.54, 1.807) is 19.3 Å². The third-order valence-corrected chi connectivity index (χ3v) is 5.06. The first kappa shape index (κ1) is 18.4. The third kappa shape index (κ3) is 3.71. The van der Waals surface area contributed by atoms with E-state index < -0.39 is 11.5 Å².